The average molecular weight is 407 g/mol. The normalized spacial score (nSPS) is 12.6. The second-order valence-electron chi connectivity index (χ2n) is 3.74. The fraction of sp³-hybridized carbons (Fsp3) is 0.231. The van der Waals surface area contributed by atoms with E-state index >= 15 is 0 Å². The maximum atomic E-state index is 3.60. The highest BCUT2D eigenvalue weighted by molar-refractivity contribution is 9.10. The van der Waals surface area contributed by atoms with E-state index in [1.807, 2.05) is 18.8 Å². The summed E-state index contributed by atoms with van der Waals surface area (Å²) in [5.74, 6) is 1.03. The summed E-state index contributed by atoms with van der Waals surface area (Å²) >= 11 is 10.7. The Balaban J connectivity index is 2.00. The van der Waals surface area contributed by atoms with Crippen molar-refractivity contribution < 1.29 is 0 Å². The Bertz CT molecular complexity index is 496. The van der Waals surface area contributed by atoms with Gasteiger partial charge in [0.2, 0.25) is 0 Å². The quantitative estimate of drug-likeness (QED) is 0.673. The molecule has 0 saturated carbocycles. The van der Waals surface area contributed by atoms with Crippen LogP contribution >= 0.6 is 55.0 Å². The third kappa shape index (κ3) is 3.84. The maximum absolute atomic E-state index is 3.60. The standard InChI is InChI=1S/C13H13Br2NS2/c1-16-12(13-11(15)6-7-17-13)8-18-10-4-2-9(14)3-5-10/h2-7,12,16H,8H2,1H3. The minimum absolute atomic E-state index is 0.382. The first kappa shape index (κ1) is 14.6. The van der Waals surface area contributed by atoms with Crippen LogP contribution in [0.1, 0.15) is 10.9 Å². The molecule has 1 atom stereocenters. The largest absolute Gasteiger partial charge is 0.312 e. The summed E-state index contributed by atoms with van der Waals surface area (Å²) in [5, 5.41) is 5.50. The third-order valence-electron chi connectivity index (χ3n) is 2.54. The van der Waals surface area contributed by atoms with E-state index in [0.29, 0.717) is 6.04 Å². The van der Waals surface area contributed by atoms with Crippen LogP contribution in [-0.2, 0) is 0 Å². The molecule has 18 heavy (non-hydrogen) atoms. The Labute approximate surface area is 133 Å². The van der Waals surface area contributed by atoms with Gasteiger partial charge in [-0.15, -0.1) is 23.1 Å². The zero-order chi connectivity index (χ0) is 13.0. The Morgan fingerprint density at radius 2 is 1.94 bits per heavy atom. The van der Waals surface area contributed by atoms with E-state index < -0.39 is 0 Å². The van der Waals surface area contributed by atoms with E-state index in [-0.39, 0.29) is 0 Å². The van der Waals surface area contributed by atoms with Crippen molar-refractivity contribution in [1.29, 1.82) is 0 Å². The molecule has 1 heterocycles. The van der Waals surface area contributed by atoms with Crippen LogP contribution in [-0.4, -0.2) is 12.8 Å². The number of thioether (sulfide) groups is 1. The number of hydrogen-bond donors (Lipinski definition) is 1. The second-order valence-corrected chi connectivity index (χ2v) is 7.55. The van der Waals surface area contributed by atoms with Crippen molar-refractivity contribution in [2.45, 2.75) is 10.9 Å². The molecule has 0 radical (unpaired) electrons. The first-order chi connectivity index (χ1) is 8.70. The van der Waals surface area contributed by atoms with Gasteiger partial charge in [-0.25, -0.2) is 0 Å². The minimum atomic E-state index is 0.382. The molecule has 1 nitrogen and oxygen atoms in total. The van der Waals surface area contributed by atoms with E-state index in [1.54, 1.807) is 11.3 Å². The molecule has 0 aliphatic carbocycles. The van der Waals surface area contributed by atoms with Gasteiger partial charge in [-0.1, -0.05) is 15.9 Å². The van der Waals surface area contributed by atoms with Crippen LogP contribution < -0.4 is 5.32 Å². The predicted octanol–water partition coefficient (Wildman–Crippen LogP) is 5.33. The molecule has 0 fully saturated rings. The highest BCUT2D eigenvalue weighted by Crippen LogP contribution is 2.32. The van der Waals surface area contributed by atoms with Gasteiger partial charge in [-0.2, -0.15) is 0 Å². The predicted molar refractivity (Wildman–Crippen MR) is 88.7 cm³/mol. The van der Waals surface area contributed by atoms with Gasteiger partial charge in [0.1, 0.15) is 0 Å². The summed E-state index contributed by atoms with van der Waals surface area (Å²) in [5.41, 5.74) is 0. The molecule has 0 aliphatic rings. The molecule has 1 aromatic heterocycles. The van der Waals surface area contributed by atoms with Gasteiger partial charge in [-0.05, 0) is 58.7 Å². The monoisotopic (exact) mass is 405 g/mol. The van der Waals surface area contributed by atoms with Crippen LogP contribution in [0.3, 0.4) is 0 Å². The zero-order valence-corrected chi connectivity index (χ0v) is 14.6. The van der Waals surface area contributed by atoms with E-state index in [4.69, 9.17) is 0 Å². The zero-order valence-electron chi connectivity index (χ0n) is 9.82. The Morgan fingerprint density at radius 1 is 1.22 bits per heavy atom. The lowest BCUT2D eigenvalue weighted by atomic mass is 10.3. The molecule has 96 valence electrons. The van der Waals surface area contributed by atoms with Gasteiger partial charge in [0.05, 0.1) is 6.04 Å². The van der Waals surface area contributed by atoms with Crippen molar-refractivity contribution in [1.82, 2.24) is 5.32 Å². The first-order valence-corrected chi connectivity index (χ1v) is 8.94. The molecule has 0 amide bonds. The van der Waals surface area contributed by atoms with Gasteiger partial charge >= 0.3 is 0 Å². The molecule has 2 aromatic rings. The lowest BCUT2D eigenvalue weighted by molar-refractivity contribution is 0.671. The van der Waals surface area contributed by atoms with Crippen LogP contribution in [0.2, 0.25) is 0 Å². The number of benzene rings is 1. The molecule has 1 N–H and O–H groups in total. The average Bonchev–Trinajstić information content (AvgIpc) is 2.79. The molecule has 1 aromatic carbocycles. The fourth-order valence-corrected chi connectivity index (χ4v) is 4.71. The van der Waals surface area contributed by atoms with Crippen LogP contribution in [0.25, 0.3) is 0 Å². The van der Waals surface area contributed by atoms with E-state index in [2.05, 4.69) is 72.9 Å². The van der Waals surface area contributed by atoms with E-state index in [9.17, 15) is 0 Å². The number of hydrogen-bond acceptors (Lipinski definition) is 3. The molecule has 2 rings (SSSR count). The Hall–Kier alpha value is 0.190. The van der Waals surface area contributed by atoms with Crippen molar-refractivity contribution in [3.05, 3.63) is 49.5 Å². The number of halogens is 2. The number of thiophene rings is 1. The van der Waals surface area contributed by atoms with Crippen LogP contribution in [0.5, 0.6) is 0 Å². The van der Waals surface area contributed by atoms with E-state index in [0.717, 1.165) is 10.2 Å². The summed E-state index contributed by atoms with van der Waals surface area (Å²) < 4.78 is 2.32. The topological polar surface area (TPSA) is 12.0 Å². The SMILES string of the molecule is CNC(CSc1ccc(Br)cc1)c1sccc1Br. The van der Waals surface area contributed by atoms with Crippen LogP contribution in [0, 0.1) is 0 Å². The first-order valence-electron chi connectivity index (χ1n) is 5.49. The Morgan fingerprint density at radius 3 is 2.50 bits per heavy atom. The van der Waals surface area contributed by atoms with Crippen molar-refractivity contribution >= 4 is 55.0 Å². The lowest BCUT2D eigenvalue weighted by Gasteiger charge is -2.15. The highest BCUT2D eigenvalue weighted by Gasteiger charge is 2.14. The van der Waals surface area contributed by atoms with E-state index in [1.165, 1.54) is 14.2 Å². The molecular weight excluding hydrogens is 394 g/mol. The molecular formula is C13H13Br2NS2. The second kappa shape index (κ2) is 7.10. The summed E-state index contributed by atoms with van der Waals surface area (Å²) in [6.45, 7) is 0. The van der Waals surface area contributed by atoms with Crippen molar-refractivity contribution in [2.24, 2.45) is 0 Å². The molecule has 0 saturated heterocycles. The summed E-state index contributed by atoms with van der Waals surface area (Å²) in [6.07, 6.45) is 0. The molecule has 0 bridgehead atoms. The Kier molecular flexibility index (Phi) is 5.76. The van der Waals surface area contributed by atoms with Gasteiger partial charge < -0.3 is 5.32 Å². The van der Waals surface area contributed by atoms with Crippen LogP contribution in [0.15, 0.2) is 49.6 Å². The third-order valence-corrected chi connectivity index (χ3v) is 6.16. The number of nitrogens with one attached hydrogen (secondary N) is 1. The summed E-state index contributed by atoms with van der Waals surface area (Å²) in [7, 11) is 2.01. The van der Waals surface area contributed by atoms with Gasteiger partial charge in [-0.3, -0.25) is 0 Å². The molecule has 0 aliphatic heterocycles. The fourth-order valence-electron chi connectivity index (χ4n) is 1.55. The van der Waals surface area contributed by atoms with Gasteiger partial charge in [0.25, 0.3) is 0 Å². The summed E-state index contributed by atoms with van der Waals surface area (Å²) in [6, 6.07) is 10.9. The highest BCUT2D eigenvalue weighted by atomic mass is 79.9. The van der Waals surface area contributed by atoms with Gasteiger partial charge in [0.15, 0.2) is 0 Å². The smallest absolute Gasteiger partial charge is 0.0519 e. The van der Waals surface area contributed by atoms with Crippen molar-refractivity contribution in [3.8, 4) is 0 Å². The van der Waals surface area contributed by atoms with Crippen molar-refractivity contribution in [2.75, 3.05) is 12.8 Å². The summed E-state index contributed by atoms with van der Waals surface area (Å²) in [4.78, 5) is 2.66. The molecule has 0 spiro atoms. The lowest BCUT2D eigenvalue weighted by Crippen LogP contribution is -2.17. The van der Waals surface area contributed by atoms with Gasteiger partial charge in [0, 0.05) is 24.5 Å². The molecule has 5 heteroatoms. The molecule has 1 unspecified atom stereocenters. The maximum Gasteiger partial charge on any atom is 0.0519 e. The minimum Gasteiger partial charge on any atom is -0.312 e. The van der Waals surface area contributed by atoms with Crippen molar-refractivity contribution in [3.63, 3.8) is 0 Å². The van der Waals surface area contributed by atoms with Crippen LogP contribution in [0.4, 0.5) is 0 Å². The number of rotatable bonds is 5.